The third-order valence-electron chi connectivity index (χ3n) is 2.57. The van der Waals surface area contributed by atoms with Crippen molar-refractivity contribution in [2.45, 2.75) is 40.2 Å². The molecule has 0 aromatic carbocycles. The highest BCUT2D eigenvalue weighted by Crippen LogP contribution is 2.36. The van der Waals surface area contributed by atoms with Crippen LogP contribution in [0.4, 0.5) is 0 Å². The van der Waals surface area contributed by atoms with Crippen molar-refractivity contribution in [3.8, 4) is 0 Å². The first-order valence-electron chi connectivity index (χ1n) is 5.58. The zero-order valence-corrected chi connectivity index (χ0v) is 10.8. The van der Waals surface area contributed by atoms with Gasteiger partial charge in [-0.1, -0.05) is 5.57 Å². The molecule has 0 aliphatic heterocycles. The van der Waals surface area contributed by atoms with Gasteiger partial charge < -0.3 is 8.85 Å². The van der Waals surface area contributed by atoms with Crippen molar-refractivity contribution in [3.05, 3.63) is 11.3 Å². The number of allylic oxidation sites excluding steroid dienone is 1. The second-order valence-electron chi connectivity index (χ2n) is 4.04. The second-order valence-corrected chi connectivity index (χ2v) is 6.94. The summed E-state index contributed by atoms with van der Waals surface area (Å²) in [4.78, 5) is 0. The van der Waals surface area contributed by atoms with Crippen LogP contribution in [0.3, 0.4) is 0 Å². The van der Waals surface area contributed by atoms with Gasteiger partial charge in [-0.05, 0) is 51.8 Å². The summed E-state index contributed by atoms with van der Waals surface area (Å²) in [6.45, 7) is 9.90. The van der Waals surface area contributed by atoms with Crippen molar-refractivity contribution in [1.29, 1.82) is 0 Å². The lowest BCUT2D eigenvalue weighted by Gasteiger charge is -2.23. The van der Waals surface area contributed by atoms with Crippen LogP contribution >= 0.6 is 0 Å². The number of hydrogen-bond acceptors (Lipinski definition) is 2. The summed E-state index contributed by atoms with van der Waals surface area (Å²) in [5.41, 5.74) is 3.75. The van der Waals surface area contributed by atoms with E-state index in [0.29, 0.717) is 0 Å². The zero-order valence-electron chi connectivity index (χ0n) is 9.80. The van der Waals surface area contributed by atoms with Crippen molar-refractivity contribution in [2.24, 2.45) is 5.92 Å². The standard InChI is InChI=1S/C11H22O2Si/c1-5-12-14(4,13-6-2)9-10(3)11-7-8-11/h9,11H,5-8H2,1-4H3. The number of rotatable bonds is 6. The van der Waals surface area contributed by atoms with E-state index in [-0.39, 0.29) is 0 Å². The molecule has 1 rings (SSSR count). The molecule has 0 atom stereocenters. The SMILES string of the molecule is CCO[Si](C)(C=C(C)C1CC1)OCC. The molecule has 1 aliphatic rings. The van der Waals surface area contributed by atoms with Gasteiger partial charge in [0, 0.05) is 13.2 Å². The third-order valence-corrected chi connectivity index (χ3v) is 5.28. The number of hydrogen-bond donors (Lipinski definition) is 0. The Morgan fingerprint density at radius 1 is 1.29 bits per heavy atom. The molecule has 1 saturated carbocycles. The molecule has 0 saturated heterocycles. The van der Waals surface area contributed by atoms with Crippen molar-refractivity contribution in [1.82, 2.24) is 0 Å². The maximum absolute atomic E-state index is 5.76. The van der Waals surface area contributed by atoms with E-state index in [1.54, 1.807) is 0 Å². The van der Waals surface area contributed by atoms with Gasteiger partial charge in [-0.25, -0.2) is 0 Å². The smallest absolute Gasteiger partial charge is 0.361 e. The molecule has 0 aromatic heterocycles. The van der Waals surface area contributed by atoms with Crippen LogP contribution in [0.5, 0.6) is 0 Å². The van der Waals surface area contributed by atoms with Crippen LogP contribution in [0.15, 0.2) is 11.3 Å². The fourth-order valence-corrected chi connectivity index (χ4v) is 4.23. The second kappa shape index (κ2) is 5.10. The maximum atomic E-state index is 5.76. The molecule has 0 bridgehead atoms. The van der Waals surface area contributed by atoms with Gasteiger partial charge in [0.15, 0.2) is 0 Å². The highest BCUT2D eigenvalue weighted by atomic mass is 28.4. The molecule has 0 heterocycles. The van der Waals surface area contributed by atoms with Crippen LogP contribution in [0.25, 0.3) is 0 Å². The molecule has 1 fully saturated rings. The van der Waals surface area contributed by atoms with E-state index in [2.05, 4.69) is 19.2 Å². The largest absolute Gasteiger partial charge is 0.392 e. The van der Waals surface area contributed by atoms with Gasteiger partial charge in [0.1, 0.15) is 0 Å². The van der Waals surface area contributed by atoms with Crippen molar-refractivity contribution >= 4 is 8.56 Å². The van der Waals surface area contributed by atoms with E-state index in [1.165, 1.54) is 18.4 Å². The molecule has 0 unspecified atom stereocenters. The summed E-state index contributed by atoms with van der Waals surface area (Å²) in [6, 6.07) is 0. The van der Waals surface area contributed by atoms with Crippen molar-refractivity contribution in [3.63, 3.8) is 0 Å². The van der Waals surface area contributed by atoms with Crippen LogP contribution in [-0.4, -0.2) is 21.8 Å². The summed E-state index contributed by atoms with van der Waals surface area (Å²) in [7, 11) is -2.00. The predicted molar refractivity (Wildman–Crippen MR) is 61.4 cm³/mol. The maximum Gasteiger partial charge on any atom is 0.361 e. The van der Waals surface area contributed by atoms with E-state index in [9.17, 15) is 0 Å². The first-order chi connectivity index (χ1) is 6.61. The van der Waals surface area contributed by atoms with Crippen LogP contribution in [-0.2, 0) is 8.85 Å². The Labute approximate surface area is 88.5 Å². The van der Waals surface area contributed by atoms with Gasteiger partial charge in [0.25, 0.3) is 0 Å². The van der Waals surface area contributed by atoms with Gasteiger partial charge in [-0.3, -0.25) is 0 Å². The molecular formula is C11H22O2Si. The Bertz CT molecular complexity index is 203. The Hall–Kier alpha value is -0.123. The van der Waals surface area contributed by atoms with E-state index in [4.69, 9.17) is 8.85 Å². The Kier molecular flexibility index (Phi) is 4.35. The van der Waals surface area contributed by atoms with Crippen LogP contribution in [0, 0.1) is 5.92 Å². The first kappa shape index (κ1) is 11.9. The van der Waals surface area contributed by atoms with Crippen LogP contribution in [0.1, 0.15) is 33.6 Å². The minimum atomic E-state index is -2.00. The Morgan fingerprint density at radius 2 is 1.79 bits per heavy atom. The lowest BCUT2D eigenvalue weighted by molar-refractivity contribution is 0.200. The first-order valence-corrected chi connectivity index (χ1v) is 7.98. The summed E-state index contributed by atoms with van der Waals surface area (Å²) in [6.07, 6.45) is 2.70. The highest BCUT2D eigenvalue weighted by molar-refractivity contribution is 6.71. The highest BCUT2D eigenvalue weighted by Gasteiger charge is 2.31. The van der Waals surface area contributed by atoms with Crippen molar-refractivity contribution < 1.29 is 8.85 Å². The molecule has 14 heavy (non-hydrogen) atoms. The predicted octanol–water partition coefficient (Wildman–Crippen LogP) is 3.03. The summed E-state index contributed by atoms with van der Waals surface area (Å²) in [5.74, 6) is 0.822. The van der Waals surface area contributed by atoms with Gasteiger partial charge in [-0.2, -0.15) is 0 Å². The zero-order chi connectivity index (χ0) is 10.6. The van der Waals surface area contributed by atoms with E-state index < -0.39 is 8.56 Å². The molecule has 0 aromatic rings. The summed E-state index contributed by atoms with van der Waals surface area (Å²) in [5, 5.41) is 0. The third kappa shape index (κ3) is 3.56. The molecule has 3 heteroatoms. The van der Waals surface area contributed by atoms with E-state index in [0.717, 1.165) is 19.1 Å². The molecule has 0 spiro atoms. The fraction of sp³-hybridized carbons (Fsp3) is 0.818. The molecule has 0 radical (unpaired) electrons. The van der Waals surface area contributed by atoms with Gasteiger partial charge in [0.2, 0.25) is 0 Å². The Balaban J connectivity index is 2.60. The lowest BCUT2D eigenvalue weighted by Crippen LogP contribution is -2.37. The molecule has 1 aliphatic carbocycles. The average molecular weight is 214 g/mol. The summed E-state index contributed by atoms with van der Waals surface area (Å²) >= 11 is 0. The lowest BCUT2D eigenvalue weighted by atomic mass is 10.2. The van der Waals surface area contributed by atoms with Gasteiger partial charge >= 0.3 is 8.56 Å². The minimum Gasteiger partial charge on any atom is -0.392 e. The topological polar surface area (TPSA) is 18.5 Å². The van der Waals surface area contributed by atoms with Crippen molar-refractivity contribution in [2.75, 3.05) is 13.2 Å². The van der Waals surface area contributed by atoms with Crippen LogP contribution < -0.4 is 0 Å². The van der Waals surface area contributed by atoms with Crippen LogP contribution in [0.2, 0.25) is 6.55 Å². The molecule has 0 N–H and O–H groups in total. The van der Waals surface area contributed by atoms with Gasteiger partial charge in [0.05, 0.1) is 0 Å². The molecule has 2 nitrogen and oxygen atoms in total. The fourth-order valence-electron chi connectivity index (χ4n) is 1.77. The molecule has 82 valence electrons. The quantitative estimate of drug-likeness (QED) is 0.633. The molecular weight excluding hydrogens is 192 g/mol. The molecule has 0 amide bonds. The monoisotopic (exact) mass is 214 g/mol. The van der Waals surface area contributed by atoms with E-state index in [1.807, 2.05) is 13.8 Å². The summed E-state index contributed by atoms with van der Waals surface area (Å²) < 4.78 is 11.5. The van der Waals surface area contributed by atoms with E-state index >= 15 is 0 Å². The Morgan fingerprint density at radius 3 is 2.14 bits per heavy atom. The van der Waals surface area contributed by atoms with Gasteiger partial charge in [-0.15, -0.1) is 0 Å². The minimum absolute atomic E-state index is 0.747. The average Bonchev–Trinajstić information content (AvgIpc) is 2.85. The normalized spacial score (nSPS) is 18.7.